The lowest BCUT2D eigenvalue weighted by atomic mass is 10.1. The van der Waals surface area contributed by atoms with Crippen molar-refractivity contribution in [2.75, 3.05) is 4.90 Å². The number of halogens is 1. The highest BCUT2D eigenvalue weighted by Crippen LogP contribution is 2.45. The van der Waals surface area contributed by atoms with Gasteiger partial charge < -0.3 is 9.64 Å². The molecule has 0 radical (unpaired) electrons. The van der Waals surface area contributed by atoms with E-state index in [9.17, 15) is 34.2 Å². The number of hydrogen-bond donors (Lipinski definition) is 0. The molecule has 11 heteroatoms. The van der Waals surface area contributed by atoms with Crippen molar-refractivity contribution < 1.29 is 28.6 Å². The van der Waals surface area contributed by atoms with E-state index in [2.05, 4.69) is 0 Å². The van der Waals surface area contributed by atoms with Crippen molar-refractivity contribution in [1.82, 2.24) is 0 Å². The molecule has 1 amide bonds. The van der Waals surface area contributed by atoms with Crippen LogP contribution in [0.1, 0.15) is 30.1 Å². The Kier molecular flexibility index (Phi) is 4.65. The number of carbonyl (C=O) groups is 2. The molecule has 0 N–H and O–H groups in total. The van der Waals surface area contributed by atoms with E-state index in [1.54, 1.807) is 0 Å². The number of rotatable bonds is 6. The minimum absolute atomic E-state index is 0.0596. The van der Waals surface area contributed by atoms with Crippen LogP contribution in [-0.2, 0) is 20.7 Å². The molecule has 154 valence electrons. The van der Waals surface area contributed by atoms with Gasteiger partial charge in [-0.15, -0.1) is 0 Å². The number of anilines is 1. The van der Waals surface area contributed by atoms with Gasteiger partial charge in [0, 0.05) is 41.4 Å². The number of carbonyl (C=O) groups excluding carboxylic acids is 2. The maximum absolute atomic E-state index is 14.0. The molecule has 1 saturated carbocycles. The Hall–Kier alpha value is -3.89. The summed E-state index contributed by atoms with van der Waals surface area (Å²) in [4.78, 5) is 47.3. The SMILES string of the molecule is O=C(Cc1cc([N+](=O)[O-])ccc1F)OC1C(=O)N(C2CC2)c2ccc([N+](=O)[O-])cc21. The molecule has 2 aromatic carbocycles. The number of nitro benzene ring substituents is 2. The topological polar surface area (TPSA) is 133 Å². The average Bonchev–Trinajstić information content (AvgIpc) is 3.49. The van der Waals surface area contributed by atoms with E-state index in [1.807, 2.05) is 0 Å². The van der Waals surface area contributed by atoms with Crippen LogP contribution >= 0.6 is 0 Å². The normalized spacial score (nSPS) is 17.6. The van der Waals surface area contributed by atoms with Crippen LogP contribution in [0.15, 0.2) is 36.4 Å². The first-order valence-electron chi connectivity index (χ1n) is 9.00. The van der Waals surface area contributed by atoms with Crippen LogP contribution in [0.2, 0.25) is 0 Å². The Morgan fingerprint density at radius 3 is 2.37 bits per heavy atom. The summed E-state index contributed by atoms with van der Waals surface area (Å²) in [6.45, 7) is 0. The first kappa shape index (κ1) is 19.4. The maximum Gasteiger partial charge on any atom is 0.311 e. The summed E-state index contributed by atoms with van der Waals surface area (Å²) >= 11 is 0. The first-order chi connectivity index (χ1) is 14.3. The van der Waals surface area contributed by atoms with Gasteiger partial charge in [0.15, 0.2) is 0 Å². The molecule has 1 unspecified atom stereocenters. The lowest BCUT2D eigenvalue weighted by Gasteiger charge is -2.16. The van der Waals surface area contributed by atoms with E-state index in [-0.39, 0.29) is 22.9 Å². The third-order valence-electron chi connectivity index (χ3n) is 4.96. The van der Waals surface area contributed by atoms with Crippen LogP contribution in [-0.4, -0.2) is 27.8 Å². The highest BCUT2D eigenvalue weighted by atomic mass is 19.1. The molecule has 0 spiro atoms. The van der Waals surface area contributed by atoms with Crippen LogP contribution in [0.4, 0.5) is 21.5 Å². The number of esters is 1. The first-order valence-corrected chi connectivity index (χ1v) is 9.00. The smallest absolute Gasteiger partial charge is 0.311 e. The summed E-state index contributed by atoms with van der Waals surface area (Å²) in [5.41, 5.74) is -0.277. The molecule has 30 heavy (non-hydrogen) atoms. The summed E-state index contributed by atoms with van der Waals surface area (Å²) in [5.74, 6) is -2.34. The number of hydrogen-bond acceptors (Lipinski definition) is 7. The van der Waals surface area contributed by atoms with Crippen LogP contribution in [0, 0.1) is 26.0 Å². The average molecular weight is 415 g/mol. The summed E-state index contributed by atoms with van der Waals surface area (Å²) in [6.07, 6.45) is -0.496. The van der Waals surface area contributed by atoms with E-state index in [0.29, 0.717) is 5.69 Å². The summed E-state index contributed by atoms with van der Waals surface area (Å²) in [7, 11) is 0. The standard InChI is InChI=1S/C19H14FN3O7/c20-15-5-3-12(22(26)27)7-10(15)8-17(24)30-18-14-9-13(23(28)29)4-6-16(14)21(19(18)25)11-1-2-11/h3-7,9,11,18H,1-2,8H2. The zero-order valence-electron chi connectivity index (χ0n) is 15.3. The second-order valence-electron chi connectivity index (χ2n) is 7.02. The third-order valence-corrected chi connectivity index (χ3v) is 4.96. The molecular weight excluding hydrogens is 401 g/mol. The van der Waals surface area contributed by atoms with Gasteiger partial charge in [0.2, 0.25) is 6.10 Å². The summed E-state index contributed by atoms with van der Waals surface area (Å²) in [5, 5.41) is 22.0. The molecule has 1 fully saturated rings. The van der Waals surface area contributed by atoms with Crippen molar-refractivity contribution in [3.05, 3.63) is 73.6 Å². The molecule has 0 aromatic heterocycles. The molecule has 1 aliphatic heterocycles. The number of nitrogens with zero attached hydrogens (tertiary/aromatic N) is 3. The monoisotopic (exact) mass is 415 g/mol. The van der Waals surface area contributed by atoms with Crippen LogP contribution in [0.25, 0.3) is 0 Å². The molecule has 1 aliphatic carbocycles. The Morgan fingerprint density at radius 2 is 1.73 bits per heavy atom. The molecule has 2 aromatic rings. The van der Waals surface area contributed by atoms with Crippen molar-refractivity contribution in [2.24, 2.45) is 0 Å². The van der Waals surface area contributed by atoms with Crippen LogP contribution in [0.5, 0.6) is 0 Å². The van der Waals surface area contributed by atoms with Crippen molar-refractivity contribution in [3.8, 4) is 0 Å². The second kappa shape index (κ2) is 7.17. The van der Waals surface area contributed by atoms with Gasteiger partial charge >= 0.3 is 5.97 Å². The van der Waals surface area contributed by atoms with Crippen LogP contribution < -0.4 is 4.90 Å². The van der Waals surface area contributed by atoms with Gasteiger partial charge in [0.05, 0.1) is 22.0 Å². The van der Waals surface area contributed by atoms with Gasteiger partial charge in [-0.1, -0.05) is 0 Å². The fourth-order valence-corrected chi connectivity index (χ4v) is 3.42. The van der Waals surface area contributed by atoms with Gasteiger partial charge in [-0.25, -0.2) is 4.39 Å². The molecule has 0 saturated heterocycles. The van der Waals surface area contributed by atoms with E-state index in [1.165, 1.54) is 23.1 Å². The van der Waals surface area contributed by atoms with Gasteiger partial charge in [0.25, 0.3) is 17.3 Å². The molecular formula is C19H14FN3O7. The molecule has 4 rings (SSSR count). The fourth-order valence-electron chi connectivity index (χ4n) is 3.42. The Bertz CT molecular complexity index is 1100. The Morgan fingerprint density at radius 1 is 1.10 bits per heavy atom. The Balaban J connectivity index is 1.60. The molecule has 0 bridgehead atoms. The third kappa shape index (κ3) is 3.45. The summed E-state index contributed by atoms with van der Waals surface area (Å²) < 4.78 is 19.2. The van der Waals surface area contributed by atoms with E-state index < -0.39 is 45.8 Å². The number of benzene rings is 2. The largest absolute Gasteiger partial charge is 0.447 e. The summed E-state index contributed by atoms with van der Waals surface area (Å²) in [6, 6.07) is 6.59. The molecule has 2 aliphatic rings. The van der Waals surface area contributed by atoms with Crippen molar-refractivity contribution in [3.63, 3.8) is 0 Å². The van der Waals surface area contributed by atoms with Gasteiger partial charge in [-0.2, -0.15) is 0 Å². The molecule has 1 atom stereocenters. The quantitative estimate of drug-likeness (QED) is 0.402. The predicted molar refractivity (Wildman–Crippen MR) is 99.2 cm³/mol. The number of amides is 1. The van der Waals surface area contributed by atoms with E-state index in [0.717, 1.165) is 31.0 Å². The van der Waals surface area contributed by atoms with Gasteiger partial charge in [0.1, 0.15) is 5.82 Å². The highest BCUT2D eigenvalue weighted by Gasteiger charge is 2.47. The molecule has 10 nitrogen and oxygen atoms in total. The fraction of sp³-hybridized carbons (Fsp3) is 0.263. The minimum atomic E-state index is -1.39. The lowest BCUT2D eigenvalue weighted by molar-refractivity contribution is -0.385. The van der Waals surface area contributed by atoms with Gasteiger partial charge in [-0.3, -0.25) is 29.8 Å². The lowest BCUT2D eigenvalue weighted by Crippen LogP contribution is -2.32. The second-order valence-corrected chi connectivity index (χ2v) is 7.02. The van der Waals surface area contributed by atoms with Crippen LogP contribution in [0.3, 0.4) is 0 Å². The maximum atomic E-state index is 14.0. The molecule has 1 heterocycles. The van der Waals surface area contributed by atoms with E-state index >= 15 is 0 Å². The van der Waals surface area contributed by atoms with Gasteiger partial charge in [-0.05, 0) is 25.0 Å². The number of ether oxygens (including phenoxy) is 1. The predicted octanol–water partition coefficient (Wildman–Crippen LogP) is 2.98. The van der Waals surface area contributed by atoms with Crippen molar-refractivity contribution in [2.45, 2.75) is 31.4 Å². The number of nitro groups is 2. The zero-order chi connectivity index (χ0) is 21.6. The minimum Gasteiger partial charge on any atom is -0.447 e. The number of non-ortho nitro benzene ring substituents is 2. The number of fused-ring (bicyclic) bond motifs is 1. The Labute approximate surface area is 168 Å². The van der Waals surface area contributed by atoms with Crippen molar-refractivity contribution >= 4 is 28.9 Å². The highest BCUT2D eigenvalue weighted by molar-refractivity contribution is 6.06. The van der Waals surface area contributed by atoms with Crippen molar-refractivity contribution in [1.29, 1.82) is 0 Å². The zero-order valence-corrected chi connectivity index (χ0v) is 15.3. The van der Waals surface area contributed by atoms with E-state index in [4.69, 9.17) is 4.74 Å².